The van der Waals surface area contributed by atoms with Crippen molar-refractivity contribution in [1.82, 2.24) is 5.16 Å². The van der Waals surface area contributed by atoms with Gasteiger partial charge in [0.15, 0.2) is 9.84 Å². The van der Waals surface area contributed by atoms with Crippen molar-refractivity contribution in [1.29, 1.82) is 0 Å². The number of hydrogen-bond acceptors (Lipinski definition) is 5. The third-order valence-corrected chi connectivity index (χ3v) is 5.34. The first-order valence-corrected chi connectivity index (χ1v) is 8.46. The fraction of sp³-hybridized carbons (Fsp3) is 0.400. The Hall–Kier alpha value is -1.82. The molecular formula is C15H20N2O3S. The predicted molar refractivity (Wildman–Crippen MR) is 82.3 cm³/mol. The van der Waals surface area contributed by atoms with E-state index in [4.69, 9.17) is 4.52 Å². The summed E-state index contributed by atoms with van der Waals surface area (Å²) in [5.74, 6) is 0.846. The van der Waals surface area contributed by atoms with Gasteiger partial charge in [-0.3, -0.25) is 0 Å². The zero-order chi connectivity index (χ0) is 15.6. The van der Waals surface area contributed by atoms with Crippen molar-refractivity contribution >= 4 is 15.5 Å². The third kappa shape index (κ3) is 3.10. The SMILES string of the molecule is CCS(=O)(=O)c1ccccc1N(C)Cc1c(C)noc1C. The number of benzene rings is 1. The van der Waals surface area contributed by atoms with Crippen molar-refractivity contribution < 1.29 is 12.9 Å². The number of para-hydroxylation sites is 1. The summed E-state index contributed by atoms with van der Waals surface area (Å²) < 4.78 is 29.6. The normalized spacial score (nSPS) is 11.6. The lowest BCUT2D eigenvalue weighted by atomic mass is 10.2. The molecule has 6 heteroatoms. The standard InChI is InChI=1S/C15H20N2O3S/c1-5-21(18,19)15-9-7-6-8-14(15)17(4)10-13-11(2)16-20-12(13)3/h6-9H,5,10H2,1-4H3. The molecule has 114 valence electrons. The molecule has 0 aliphatic heterocycles. The second kappa shape index (κ2) is 5.89. The minimum absolute atomic E-state index is 0.0865. The van der Waals surface area contributed by atoms with Crippen LogP contribution in [0.3, 0.4) is 0 Å². The summed E-state index contributed by atoms with van der Waals surface area (Å²) in [5.41, 5.74) is 2.51. The minimum atomic E-state index is -3.25. The highest BCUT2D eigenvalue weighted by Gasteiger charge is 2.20. The number of sulfone groups is 1. The molecule has 0 amide bonds. The molecule has 0 radical (unpaired) electrons. The van der Waals surface area contributed by atoms with E-state index < -0.39 is 9.84 Å². The van der Waals surface area contributed by atoms with Crippen molar-refractivity contribution in [3.8, 4) is 0 Å². The van der Waals surface area contributed by atoms with Gasteiger partial charge in [0.2, 0.25) is 0 Å². The van der Waals surface area contributed by atoms with Gasteiger partial charge in [-0.15, -0.1) is 0 Å². The lowest BCUT2D eigenvalue weighted by molar-refractivity contribution is 0.392. The van der Waals surface area contributed by atoms with Crippen molar-refractivity contribution in [3.05, 3.63) is 41.3 Å². The Morgan fingerprint density at radius 3 is 2.48 bits per heavy atom. The van der Waals surface area contributed by atoms with Crippen LogP contribution in [-0.2, 0) is 16.4 Å². The molecule has 0 saturated heterocycles. The van der Waals surface area contributed by atoms with Gasteiger partial charge >= 0.3 is 0 Å². The summed E-state index contributed by atoms with van der Waals surface area (Å²) in [5, 5.41) is 3.93. The Bertz CT molecular complexity index is 716. The second-order valence-electron chi connectivity index (χ2n) is 5.03. The van der Waals surface area contributed by atoms with Gasteiger partial charge in [0.05, 0.1) is 22.0 Å². The maximum Gasteiger partial charge on any atom is 0.180 e. The molecule has 0 fully saturated rings. The monoisotopic (exact) mass is 308 g/mol. The van der Waals surface area contributed by atoms with E-state index in [-0.39, 0.29) is 5.75 Å². The Kier molecular flexibility index (Phi) is 4.37. The van der Waals surface area contributed by atoms with Crippen molar-refractivity contribution in [2.24, 2.45) is 0 Å². The average molecular weight is 308 g/mol. The Balaban J connectivity index is 2.39. The number of aryl methyl sites for hydroxylation is 2. The molecule has 5 nitrogen and oxygen atoms in total. The molecular weight excluding hydrogens is 288 g/mol. The fourth-order valence-electron chi connectivity index (χ4n) is 2.24. The van der Waals surface area contributed by atoms with Crippen LogP contribution in [0.1, 0.15) is 23.9 Å². The van der Waals surface area contributed by atoms with Gasteiger partial charge in [0, 0.05) is 19.2 Å². The van der Waals surface area contributed by atoms with E-state index in [1.165, 1.54) is 0 Å². The zero-order valence-corrected chi connectivity index (χ0v) is 13.6. The quantitative estimate of drug-likeness (QED) is 0.850. The van der Waals surface area contributed by atoms with Crippen LogP contribution in [0.4, 0.5) is 5.69 Å². The maximum absolute atomic E-state index is 12.2. The molecule has 0 aliphatic carbocycles. The zero-order valence-electron chi connectivity index (χ0n) is 12.8. The highest BCUT2D eigenvalue weighted by atomic mass is 32.2. The van der Waals surface area contributed by atoms with E-state index in [0.29, 0.717) is 17.1 Å². The molecule has 2 aromatic rings. The molecule has 21 heavy (non-hydrogen) atoms. The van der Waals surface area contributed by atoms with Gasteiger partial charge in [0.1, 0.15) is 5.76 Å². The van der Waals surface area contributed by atoms with Gasteiger partial charge in [-0.05, 0) is 26.0 Å². The lowest BCUT2D eigenvalue weighted by Crippen LogP contribution is -2.20. The second-order valence-corrected chi connectivity index (χ2v) is 7.28. The molecule has 1 aromatic carbocycles. The number of aromatic nitrogens is 1. The first kappa shape index (κ1) is 15.6. The number of rotatable bonds is 5. The summed E-state index contributed by atoms with van der Waals surface area (Å²) in [6.45, 7) is 5.95. The molecule has 1 heterocycles. The van der Waals surface area contributed by atoms with Gasteiger partial charge in [-0.25, -0.2) is 8.42 Å². The predicted octanol–water partition coefficient (Wildman–Crippen LogP) is 2.72. The highest BCUT2D eigenvalue weighted by molar-refractivity contribution is 7.91. The Morgan fingerprint density at radius 2 is 1.90 bits per heavy atom. The molecule has 0 saturated carbocycles. The molecule has 0 aliphatic rings. The van der Waals surface area contributed by atoms with Crippen LogP contribution in [0.25, 0.3) is 0 Å². The summed E-state index contributed by atoms with van der Waals surface area (Å²) >= 11 is 0. The largest absolute Gasteiger partial charge is 0.369 e. The Labute approximate surface area is 125 Å². The Morgan fingerprint density at radius 1 is 1.24 bits per heavy atom. The van der Waals surface area contributed by atoms with Crippen LogP contribution in [0.15, 0.2) is 33.7 Å². The minimum Gasteiger partial charge on any atom is -0.369 e. The van der Waals surface area contributed by atoms with Crippen LogP contribution in [0.2, 0.25) is 0 Å². The van der Waals surface area contributed by atoms with E-state index in [2.05, 4.69) is 5.16 Å². The number of hydrogen-bond donors (Lipinski definition) is 0. The maximum atomic E-state index is 12.2. The molecule has 0 atom stereocenters. The van der Waals surface area contributed by atoms with E-state index in [1.54, 1.807) is 19.1 Å². The molecule has 0 spiro atoms. The lowest BCUT2D eigenvalue weighted by Gasteiger charge is -2.22. The van der Waals surface area contributed by atoms with Gasteiger partial charge < -0.3 is 9.42 Å². The highest BCUT2D eigenvalue weighted by Crippen LogP contribution is 2.27. The van der Waals surface area contributed by atoms with E-state index in [9.17, 15) is 8.42 Å². The summed E-state index contributed by atoms with van der Waals surface area (Å²) in [4.78, 5) is 2.27. The van der Waals surface area contributed by atoms with E-state index in [1.807, 2.05) is 37.9 Å². The summed E-state index contributed by atoms with van der Waals surface area (Å²) in [6.07, 6.45) is 0. The van der Waals surface area contributed by atoms with Crippen molar-refractivity contribution in [2.45, 2.75) is 32.2 Å². The van der Waals surface area contributed by atoms with Crippen LogP contribution in [0, 0.1) is 13.8 Å². The molecule has 2 rings (SSSR count). The van der Waals surface area contributed by atoms with Gasteiger partial charge in [-0.2, -0.15) is 0 Å². The summed E-state index contributed by atoms with van der Waals surface area (Å²) in [6, 6.07) is 7.06. The molecule has 1 aromatic heterocycles. The first-order chi connectivity index (χ1) is 9.86. The smallest absolute Gasteiger partial charge is 0.180 e. The van der Waals surface area contributed by atoms with Crippen LogP contribution in [-0.4, -0.2) is 26.4 Å². The van der Waals surface area contributed by atoms with Crippen molar-refractivity contribution in [2.75, 3.05) is 17.7 Å². The van der Waals surface area contributed by atoms with E-state index >= 15 is 0 Å². The average Bonchev–Trinajstić information content (AvgIpc) is 2.79. The molecule has 0 N–H and O–H groups in total. The fourth-order valence-corrected chi connectivity index (χ4v) is 3.38. The van der Waals surface area contributed by atoms with Crippen molar-refractivity contribution in [3.63, 3.8) is 0 Å². The first-order valence-electron chi connectivity index (χ1n) is 6.81. The van der Waals surface area contributed by atoms with Gasteiger partial charge in [-0.1, -0.05) is 24.2 Å². The third-order valence-electron chi connectivity index (χ3n) is 3.57. The molecule has 0 bridgehead atoms. The van der Waals surface area contributed by atoms with Crippen LogP contribution in [0.5, 0.6) is 0 Å². The molecule has 0 unspecified atom stereocenters. The van der Waals surface area contributed by atoms with E-state index in [0.717, 1.165) is 17.0 Å². The summed E-state index contributed by atoms with van der Waals surface area (Å²) in [7, 11) is -1.38. The van der Waals surface area contributed by atoms with Gasteiger partial charge in [0.25, 0.3) is 0 Å². The van der Waals surface area contributed by atoms with Crippen LogP contribution < -0.4 is 4.90 Å². The number of anilines is 1. The number of nitrogens with zero attached hydrogens (tertiary/aromatic N) is 2. The van der Waals surface area contributed by atoms with Crippen LogP contribution >= 0.6 is 0 Å². The topological polar surface area (TPSA) is 63.4 Å².